The summed E-state index contributed by atoms with van der Waals surface area (Å²) in [6.45, 7) is 1.56. The fourth-order valence-corrected chi connectivity index (χ4v) is 3.53. The first-order valence-electron chi connectivity index (χ1n) is 10.6. The summed E-state index contributed by atoms with van der Waals surface area (Å²) in [6, 6.07) is 16.6. The number of nitrogens with zero attached hydrogens (tertiary/aromatic N) is 1. The van der Waals surface area contributed by atoms with Gasteiger partial charge in [0.05, 0.1) is 17.7 Å². The van der Waals surface area contributed by atoms with Gasteiger partial charge >= 0.3 is 0 Å². The number of amides is 1. The minimum Gasteiger partial charge on any atom is -0.495 e. The highest BCUT2D eigenvalue weighted by Gasteiger charge is 2.13. The number of ether oxygens (including phenoxy) is 1. The van der Waals surface area contributed by atoms with Crippen LogP contribution in [0.2, 0.25) is 0 Å². The maximum absolute atomic E-state index is 12.6. The van der Waals surface area contributed by atoms with Crippen LogP contribution in [0.15, 0.2) is 75.6 Å². The quantitative estimate of drug-likeness (QED) is 0.194. The Morgan fingerprint density at radius 2 is 1.89 bits per heavy atom. The van der Waals surface area contributed by atoms with E-state index in [4.69, 9.17) is 13.6 Å². The van der Waals surface area contributed by atoms with Gasteiger partial charge in [-0.25, -0.2) is 0 Å². The number of carbonyl (C=O) groups is 1. The highest BCUT2D eigenvalue weighted by molar-refractivity contribution is 6.03. The van der Waals surface area contributed by atoms with Crippen molar-refractivity contribution in [2.75, 3.05) is 12.4 Å². The van der Waals surface area contributed by atoms with Crippen LogP contribution in [0, 0.1) is 17.0 Å². The van der Waals surface area contributed by atoms with Crippen molar-refractivity contribution in [2.45, 2.75) is 13.5 Å². The third-order valence-corrected chi connectivity index (χ3v) is 5.27. The molecule has 0 aliphatic heterocycles. The van der Waals surface area contributed by atoms with Crippen molar-refractivity contribution in [3.8, 4) is 28.4 Å². The van der Waals surface area contributed by atoms with Crippen LogP contribution in [-0.4, -0.2) is 23.0 Å². The molecule has 2 aromatic carbocycles. The van der Waals surface area contributed by atoms with E-state index in [2.05, 4.69) is 5.32 Å². The number of rotatable bonds is 8. The van der Waals surface area contributed by atoms with Gasteiger partial charge in [0, 0.05) is 29.3 Å². The second-order valence-electron chi connectivity index (χ2n) is 7.62. The lowest BCUT2D eigenvalue weighted by Gasteiger charge is -2.10. The molecule has 2 aromatic heterocycles. The van der Waals surface area contributed by atoms with Crippen molar-refractivity contribution in [2.24, 2.45) is 0 Å². The first kappa shape index (κ1) is 23.5. The number of nitro groups is 1. The Kier molecular flexibility index (Phi) is 6.79. The van der Waals surface area contributed by atoms with E-state index in [1.807, 2.05) is 0 Å². The zero-order chi connectivity index (χ0) is 24.9. The van der Waals surface area contributed by atoms with Gasteiger partial charge in [-0.1, -0.05) is 0 Å². The van der Waals surface area contributed by atoms with E-state index in [0.717, 1.165) is 5.56 Å². The molecule has 0 unspecified atom stereocenters. The molecule has 1 amide bonds. The summed E-state index contributed by atoms with van der Waals surface area (Å²) < 4.78 is 16.7. The third-order valence-electron chi connectivity index (χ3n) is 5.27. The Morgan fingerprint density at radius 1 is 1.09 bits per heavy atom. The summed E-state index contributed by atoms with van der Waals surface area (Å²) >= 11 is 0. The number of methoxy groups -OCH3 is 1. The van der Waals surface area contributed by atoms with Crippen LogP contribution in [-0.2, 0) is 11.4 Å². The molecule has 9 heteroatoms. The number of aryl methyl sites for hydroxylation is 1. The van der Waals surface area contributed by atoms with Crippen LogP contribution in [0.3, 0.4) is 0 Å². The lowest BCUT2D eigenvalue weighted by Crippen LogP contribution is -2.09. The molecule has 2 heterocycles. The number of anilines is 1. The van der Waals surface area contributed by atoms with Gasteiger partial charge in [-0.15, -0.1) is 0 Å². The monoisotopic (exact) mass is 474 g/mol. The molecule has 178 valence electrons. The predicted molar refractivity (Wildman–Crippen MR) is 130 cm³/mol. The average molecular weight is 474 g/mol. The zero-order valence-electron chi connectivity index (χ0n) is 19.0. The highest BCUT2D eigenvalue weighted by atomic mass is 16.6. The summed E-state index contributed by atoms with van der Waals surface area (Å²) in [4.78, 5) is 23.1. The van der Waals surface area contributed by atoms with E-state index >= 15 is 0 Å². The van der Waals surface area contributed by atoms with Gasteiger partial charge in [0.15, 0.2) is 0 Å². The summed E-state index contributed by atoms with van der Waals surface area (Å²) in [5, 5.41) is 22.9. The number of hydrogen-bond acceptors (Lipinski definition) is 7. The van der Waals surface area contributed by atoms with Crippen molar-refractivity contribution in [3.63, 3.8) is 0 Å². The Morgan fingerprint density at radius 3 is 2.57 bits per heavy atom. The summed E-state index contributed by atoms with van der Waals surface area (Å²) in [5.74, 6) is 2.03. The van der Waals surface area contributed by atoms with Crippen molar-refractivity contribution < 1.29 is 28.4 Å². The SMILES string of the molecule is COc1ccc(-c2ccc(CO)o2)cc1NC(=O)/C=C/c1ccc(-c2ccc([N+](=O)[O-])cc2C)o1. The number of aliphatic hydroxyl groups excluding tert-OH is 1. The maximum Gasteiger partial charge on any atom is 0.269 e. The number of benzene rings is 2. The number of non-ortho nitro benzene ring substituents is 1. The third kappa shape index (κ3) is 5.31. The van der Waals surface area contributed by atoms with E-state index in [-0.39, 0.29) is 12.3 Å². The van der Waals surface area contributed by atoms with Crippen LogP contribution in [0.1, 0.15) is 17.1 Å². The molecule has 0 fully saturated rings. The Hall–Kier alpha value is -4.63. The van der Waals surface area contributed by atoms with Gasteiger partial charge < -0.3 is 24.0 Å². The van der Waals surface area contributed by atoms with Crippen LogP contribution < -0.4 is 10.1 Å². The standard InChI is InChI=1S/C26H22N2O7/c1-16-13-18(28(31)32)4-8-21(16)24-11-5-19(34-24)7-12-26(30)27-22-14-17(3-9-25(22)33-2)23-10-6-20(15-29)35-23/h3-14,29H,15H2,1-2H3,(H,27,30)/b12-7+. The molecule has 2 N–H and O–H groups in total. The highest BCUT2D eigenvalue weighted by Crippen LogP contribution is 2.32. The van der Waals surface area contributed by atoms with Gasteiger partial charge in [0.1, 0.15) is 35.4 Å². The van der Waals surface area contributed by atoms with Gasteiger partial charge in [-0.3, -0.25) is 14.9 Å². The number of hydrogen-bond donors (Lipinski definition) is 2. The molecule has 0 atom stereocenters. The number of carbonyl (C=O) groups excluding carboxylic acids is 1. The van der Waals surface area contributed by atoms with E-state index < -0.39 is 10.8 Å². The molecule has 0 radical (unpaired) electrons. The van der Waals surface area contributed by atoms with E-state index in [1.165, 1.54) is 31.4 Å². The molecule has 4 aromatic rings. The molecule has 0 bridgehead atoms. The summed E-state index contributed by atoms with van der Waals surface area (Å²) in [5.41, 5.74) is 2.59. The predicted octanol–water partition coefficient (Wildman–Crippen LogP) is 5.58. The molecule has 0 saturated heterocycles. The number of nitro benzene ring substituents is 1. The van der Waals surface area contributed by atoms with Crippen LogP contribution >= 0.6 is 0 Å². The first-order valence-corrected chi connectivity index (χ1v) is 10.6. The van der Waals surface area contributed by atoms with Crippen LogP contribution in [0.25, 0.3) is 28.7 Å². The smallest absolute Gasteiger partial charge is 0.269 e. The van der Waals surface area contributed by atoms with Crippen LogP contribution in [0.4, 0.5) is 11.4 Å². The molecule has 35 heavy (non-hydrogen) atoms. The molecule has 0 aliphatic rings. The molecule has 0 spiro atoms. The lowest BCUT2D eigenvalue weighted by atomic mass is 10.1. The number of furan rings is 2. The minimum absolute atomic E-state index is 0.00924. The average Bonchev–Trinajstić information content (AvgIpc) is 3.52. The molecule has 4 rings (SSSR count). The topological polar surface area (TPSA) is 128 Å². The second kappa shape index (κ2) is 10.1. The largest absolute Gasteiger partial charge is 0.495 e. The van der Waals surface area contributed by atoms with Gasteiger partial charge in [0.2, 0.25) is 5.91 Å². The Balaban J connectivity index is 1.49. The maximum atomic E-state index is 12.6. The normalized spacial score (nSPS) is 11.1. The molecular formula is C26H22N2O7. The lowest BCUT2D eigenvalue weighted by molar-refractivity contribution is -0.384. The van der Waals surface area contributed by atoms with E-state index in [1.54, 1.807) is 55.5 Å². The first-order chi connectivity index (χ1) is 16.9. The van der Waals surface area contributed by atoms with Gasteiger partial charge in [0.25, 0.3) is 5.69 Å². The second-order valence-corrected chi connectivity index (χ2v) is 7.62. The van der Waals surface area contributed by atoms with E-state index in [0.29, 0.717) is 45.6 Å². The molecule has 0 aliphatic carbocycles. The Labute approximate surface area is 200 Å². The Bertz CT molecular complexity index is 1410. The zero-order valence-corrected chi connectivity index (χ0v) is 19.0. The number of nitrogens with one attached hydrogen (secondary N) is 1. The van der Waals surface area contributed by atoms with Crippen LogP contribution in [0.5, 0.6) is 5.75 Å². The fourth-order valence-electron chi connectivity index (χ4n) is 3.53. The fraction of sp³-hybridized carbons (Fsp3) is 0.115. The van der Waals surface area contributed by atoms with Gasteiger partial charge in [-0.2, -0.15) is 0 Å². The van der Waals surface area contributed by atoms with Crippen molar-refractivity contribution in [3.05, 3.63) is 93.9 Å². The number of aliphatic hydroxyl groups is 1. The molecular weight excluding hydrogens is 452 g/mol. The minimum atomic E-state index is -0.447. The summed E-state index contributed by atoms with van der Waals surface area (Å²) in [7, 11) is 1.50. The van der Waals surface area contributed by atoms with Crippen molar-refractivity contribution >= 4 is 23.4 Å². The summed E-state index contributed by atoms with van der Waals surface area (Å²) in [6.07, 6.45) is 2.85. The van der Waals surface area contributed by atoms with E-state index in [9.17, 15) is 20.0 Å². The van der Waals surface area contributed by atoms with Crippen molar-refractivity contribution in [1.29, 1.82) is 0 Å². The molecule has 0 saturated carbocycles. The molecule has 9 nitrogen and oxygen atoms in total. The van der Waals surface area contributed by atoms with Gasteiger partial charge in [-0.05, 0) is 67.1 Å². The van der Waals surface area contributed by atoms with Crippen molar-refractivity contribution in [1.82, 2.24) is 0 Å².